The fourth-order valence-electron chi connectivity index (χ4n) is 3.82. The largest absolute Gasteiger partial charge is 0.433 e. The molecule has 3 rings (SSSR count). The Bertz CT molecular complexity index is 865. The van der Waals surface area contributed by atoms with E-state index < -0.39 is 11.9 Å². The minimum atomic E-state index is -4.55. The molecule has 1 saturated carbocycles. The van der Waals surface area contributed by atoms with Crippen LogP contribution >= 0.6 is 0 Å². The normalized spacial score (nSPS) is 15.9. The molecule has 0 amide bonds. The first kappa shape index (κ1) is 20.2. The Morgan fingerprint density at radius 3 is 2.54 bits per heavy atom. The second-order valence-corrected chi connectivity index (χ2v) is 7.25. The van der Waals surface area contributed by atoms with Crippen LogP contribution in [-0.4, -0.2) is 30.7 Å². The van der Waals surface area contributed by atoms with E-state index in [1.165, 1.54) is 6.07 Å². The molecule has 0 spiro atoms. The van der Waals surface area contributed by atoms with Gasteiger partial charge in [-0.3, -0.25) is 4.98 Å². The van der Waals surface area contributed by atoms with E-state index in [9.17, 15) is 13.2 Å². The lowest BCUT2D eigenvalue weighted by atomic mass is 9.65. The van der Waals surface area contributed by atoms with Gasteiger partial charge in [-0.25, -0.2) is 4.98 Å². The molecule has 28 heavy (non-hydrogen) atoms. The highest BCUT2D eigenvalue weighted by atomic mass is 19.4. The van der Waals surface area contributed by atoms with E-state index in [4.69, 9.17) is 16.2 Å². The van der Waals surface area contributed by atoms with Crippen molar-refractivity contribution in [3.8, 4) is 11.3 Å². The highest BCUT2D eigenvalue weighted by Crippen LogP contribution is 2.48. The number of hydrogen-bond donors (Lipinski definition) is 3. The summed E-state index contributed by atoms with van der Waals surface area (Å²) >= 11 is 0. The van der Waals surface area contributed by atoms with Gasteiger partial charge in [-0.05, 0) is 36.8 Å². The number of halogens is 3. The first-order valence-electron chi connectivity index (χ1n) is 8.99. The third-order valence-electron chi connectivity index (χ3n) is 5.36. The highest BCUT2D eigenvalue weighted by molar-refractivity contribution is 5.85. The number of rotatable bonds is 6. The summed E-state index contributed by atoms with van der Waals surface area (Å²) in [5.74, 6) is 0.0721. The van der Waals surface area contributed by atoms with E-state index in [-0.39, 0.29) is 11.2 Å². The summed E-state index contributed by atoms with van der Waals surface area (Å²) in [6.45, 7) is 0.560. The van der Waals surface area contributed by atoms with Crippen molar-refractivity contribution in [2.24, 2.45) is 5.41 Å². The third kappa shape index (κ3) is 3.71. The Labute approximate surface area is 161 Å². The molecular weight excluding hydrogens is 371 g/mol. The molecule has 2 heterocycles. The van der Waals surface area contributed by atoms with E-state index in [1.807, 2.05) is 0 Å². The Kier molecular flexibility index (Phi) is 5.38. The van der Waals surface area contributed by atoms with Crippen molar-refractivity contribution in [1.82, 2.24) is 9.97 Å². The number of nitrogens with zero attached hydrogens (tertiary/aromatic N) is 2. The van der Waals surface area contributed by atoms with Gasteiger partial charge in [0, 0.05) is 31.5 Å². The molecule has 0 atom stereocenters. The number of anilines is 3. The molecule has 1 aliphatic rings. The van der Waals surface area contributed by atoms with Gasteiger partial charge in [0.1, 0.15) is 11.5 Å². The van der Waals surface area contributed by atoms with Gasteiger partial charge in [0.25, 0.3) is 0 Å². The molecule has 0 aromatic carbocycles. The van der Waals surface area contributed by atoms with Crippen molar-refractivity contribution in [1.29, 1.82) is 0 Å². The lowest BCUT2D eigenvalue weighted by molar-refractivity contribution is -0.141. The predicted molar refractivity (Wildman–Crippen MR) is 103 cm³/mol. The molecule has 1 fully saturated rings. The molecule has 2 aromatic rings. The van der Waals surface area contributed by atoms with Gasteiger partial charge in [0.05, 0.1) is 23.7 Å². The zero-order valence-electron chi connectivity index (χ0n) is 15.9. The van der Waals surface area contributed by atoms with Crippen LogP contribution in [0.5, 0.6) is 0 Å². The molecule has 2 aromatic heterocycles. The van der Waals surface area contributed by atoms with Crippen LogP contribution in [0.3, 0.4) is 0 Å². The number of pyridine rings is 2. The molecule has 5 N–H and O–H groups in total. The van der Waals surface area contributed by atoms with Crippen molar-refractivity contribution < 1.29 is 17.9 Å². The maximum Gasteiger partial charge on any atom is 0.433 e. The Balaban J connectivity index is 2.17. The maximum atomic E-state index is 13.2. The van der Waals surface area contributed by atoms with Gasteiger partial charge in [-0.1, -0.05) is 6.42 Å². The third-order valence-corrected chi connectivity index (χ3v) is 5.36. The highest BCUT2D eigenvalue weighted by Gasteiger charge is 2.39. The summed E-state index contributed by atoms with van der Waals surface area (Å²) in [6, 6.07) is 2.49. The van der Waals surface area contributed by atoms with Crippen LogP contribution in [0, 0.1) is 5.41 Å². The summed E-state index contributed by atoms with van der Waals surface area (Å²) in [5.41, 5.74) is 13.3. The minimum absolute atomic E-state index is 0.0721. The number of alkyl halides is 3. The second kappa shape index (κ2) is 7.46. The molecule has 0 radical (unpaired) electrons. The lowest BCUT2D eigenvalue weighted by Gasteiger charge is -2.42. The number of nitrogens with one attached hydrogen (secondary N) is 1. The number of hydrogen-bond acceptors (Lipinski definition) is 6. The van der Waals surface area contributed by atoms with E-state index >= 15 is 0 Å². The van der Waals surface area contributed by atoms with Crippen LogP contribution in [0.2, 0.25) is 0 Å². The summed E-state index contributed by atoms with van der Waals surface area (Å²) in [6.07, 6.45) is 0.179. The number of methoxy groups -OCH3 is 1. The van der Waals surface area contributed by atoms with Crippen molar-refractivity contribution in [3.63, 3.8) is 0 Å². The van der Waals surface area contributed by atoms with Crippen LogP contribution in [0.15, 0.2) is 18.3 Å². The summed E-state index contributed by atoms with van der Waals surface area (Å²) in [7, 11) is 3.35. The number of nitrogens with two attached hydrogens (primary N) is 2. The average Bonchev–Trinajstić information content (AvgIpc) is 2.62. The van der Waals surface area contributed by atoms with Gasteiger partial charge in [-0.2, -0.15) is 13.2 Å². The quantitative estimate of drug-likeness (QED) is 0.689. The molecule has 6 nitrogen and oxygen atoms in total. The first-order chi connectivity index (χ1) is 13.2. The molecule has 0 aliphatic heterocycles. The summed E-state index contributed by atoms with van der Waals surface area (Å²) in [4.78, 5) is 7.79. The molecule has 9 heteroatoms. The van der Waals surface area contributed by atoms with Crippen LogP contribution in [0.25, 0.3) is 11.3 Å². The summed E-state index contributed by atoms with van der Waals surface area (Å²) in [5, 5.41) is 3.05. The Morgan fingerprint density at radius 2 is 2.00 bits per heavy atom. The first-order valence-corrected chi connectivity index (χ1v) is 8.99. The van der Waals surface area contributed by atoms with Crippen LogP contribution in [-0.2, 0) is 17.3 Å². The smallest absolute Gasteiger partial charge is 0.394 e. The zero-order valence-corrected chi connectivity index (χ0v) is 15.9. The van der Waals surface area contributed by atoms with Crippen LogP contribution in [0.1, 0.15) is 30.5 Å². The number of ether oxygens (including phenoxy) is 1. The predicted octanol–water partition coefficient (Wildman–Crippen LogP) is 3.73. The molecule has 0 saturated heterocycles. The van der Waals surface area contributed by atoms with E-state index in [2.05, 4.69) is 15.3 Å². The van der Waals surface area contributed by atoms with Gasteiger partial charge >= 0.3 is 6.18 Å². The fraction of sp³-hybridized carbons (Fsp3) is 0.474. The van der Waals surface area contributed by atoms with Crippen LogP contribution < -0.4 is 16.8 Å². The lowest BCUT2D eigenvalue weighted by Crippen LogP contribution is -2.36. The fourth-order valence-corrected chi connectivity index (χ4v) is 3.82. The molecular formula is C19H24F3N5O. The Morgan fingerprint density at radius 1 is 1.29 bits per heavy atom. The SMILES string of the molecule is CNc1c(N)c(N)nc(-c2ccnc(C(F)(F)F)c2)c1CC1(COC)CCC1. The van der Waals surface area contributed by atoms with E-state index in [0.717, 1.165) is 37.1 Å². The minimum Gasteiger partial charge on any atom is -0.394 e. The van der Waals surface area contributed by atoms with Gasteiger partial charge in [0.2, 0.25) is 0 Å². The van der Waals surface area contributed by atoms with Gasteiger partial charge in [-0.15, -0.1) is 0 Å². The van der Waals surface area contributed by atoms with Gasteiger partial charge in [0.15, 0.2) is 0 Å². The zero-order chi connectivity index (χ0) is 20.5. The number of nitrogen functional groups attached to an aromatic ring is 2. The molecule has 152 valence electrons. The van der Waals surface area contributed by atoms with Gasteiger partial charge < -0.3 is 21.5 Å². The maximum absolute atomic E-state index is 13.2. The average molecular weight is 395 g/mol. The van der Waals surface area contributed by atoms with Crippen molar-refractivity contribution >= 4 is 17.2 Å². The van der Waals surface area contributed by atoms with Crippen LogP contribution in [0.4, 0.5) is 30.4 Å². The molecule has 0 unspecified atom stereocenters. The number of aromatic nitrogens is 2. The van der Waals surface area contributed by atoms with Crippen molar-refractivity contribution in [2.75, 3.05) is 37.5 Å². The standard InChI is InChI=1S/C19H24F3N5O/c1-25-16-12(9-18(10-28-2)5-3-6-18)15(27-17(24)14(16)23)11-4-7-26-13(8-11)19(20,21)22/h4,7-8H,3,5-6,9-10,23H2,1-2H3,(H3,24,25,27). The monoisotopic (exact) mass is 395 g/mol. The molecule has 1 aliphatic carbocycles. The van der Waals surface area contributed by atoms with E-state index in [1.54, 1.807) is 14.2 Å². The topological polar surface area (TPSA) is 99.1 Å². The van der Waals surface area contributed by atoms with Crippen molar-refractivity contribution in [2.45, 2.75) is 31.9 Å². The van der Waals surface area contributed by atoms with Crippen molar-refractivity contribution in [3.05, 3.63) is 29.6 Å². The summed E-state index contributed by atoms with van der Waals surface area (Å²) < 4.78 is 44.9. The van der Waals surface area contributed by atoms with E-state index in [0.29, 0.717) is 35.7 Å². The Hall–Kier alpha value is -2.55. The second-order valence-electron chi connectivity index (χ2n) is 7.25. The molecule has 0 bridgehead atoms.